The normalized spacial score (nSPS) is 14.7. The van der Waals surface area contributed by atoms with Crippen LogP contribution >= 0.6 is 0 Å². The van der Waals surface area contributed by atoms with Crippen molar-refractivity contribution in [3.63, 3.8) is 0 Å². The van der Waals surface area contributed by atoms with E-state index in [4.69, 9.17) is 18.9 Å². The second kappa shape index (κ2) is 7.67. The van der Waals surface area contributed by atoms with Gasteiger partial charge in [-0.25, -0.2) is 9.79 Å². The van der Waals surface area contributed by atoms with E-state index in [0.29, 0.717) is 22.8 Å². The fourth-order valence-electron chi connectivity index (χ4n) is 3.24. The van der Waals surface area contributed by atoms with Crippen LogP contribution in [-0.4, -0.2) is 33.2 Å². The Bertz CT molecular complexity index is 1160. The van der Waals surface area contributed by atoms with Crippen molar-refractivity contribution in [3.05, 3.63) is 71.4 Å². The minimum absolute atomic E-state index is 0.199. The zero-order valence-electron chi connectivity index (χ0n) is 16.3. The van der Waals surface area contributed by atoms with E-state index < -0.39 is 5.97 Å². The average molecular weight is 389 g/mol. The van der Waals surface area contributed by atoms with Crippen LogP contribution in [-0.2, 0) is 9.53 Å². The number of carbonyl (C=O) groups is 1. The summed E-state index contributed by atoms with van der Waals surface area (Å²) < 4.78 is 21.4. The Kier molecular flexibility index (Phi) is 4.91. The van der Waals surface area contributed by atoms with Gasteiger partial charge in [-0.1, -0.05) is 30.3 Å². The number of aliphatic imine (C=N–C) groups is 1. The minimum atomic E-state index is -0.523. The number of esters is 1. The largest absolute Gasteiger partial charge is 0.496 e. The van der Waals surface area contributed by atoms with Gasteiger partial charge in [-0.15, -0.1) is 0 Å². The molecule has 6 heteroatoms. The zero-order valence-corrected chi connectivity index (χ0v) is 16.3. The van der Waals surface area contributed by atoms with Gasteiger partial charge in [-0.05, 0) is 41.1 Å². The Morgan fingerprint density at radius 2 is 1.59 bits per heavy atom. The van der Waals surface area contributed by atoms with Gasteiger partial charge in [0.15, 0.2) is 17.2 Å². The smallest absolute Gasteiger partial charge is 0.363 e. The van der Waals surface area contributed by atoms with Crippen molar-refractivity contribution < 1.29 is 23.7 Å². The van der Waals surface area contributed by atoms with E-state index in [9.17, 15) is 4.79 Å². The molecule has 0 bridgehead atoms. The van der Waals surface area contributed by atoms with E-state index in [1.165, 1.54) is 0 Å². The second-order valence-corrected chi connectivity index (χ2v) is 6.31. The molecule has 29 heavy (non-hydrogen) atoms. The van der Waals surface area contributed by atoms with Gasteiger partial charge in [0.2, 0.25) is 5.90 Å². The maximum absolute atomic E-state index is 12.5. The van der Waals surface area contributed by atoms with E-state index in [0.717, 1.165) is 16.3 Å². The molecule has 3 aromatic carbocycles. The van der Waals surface area contributed by atoms with Crippen LogP contribution in [0.2, 0.25) is 0 Å². The van der Waals surface area contributed by atoms with Crippen LogP contribution in [0.25, 0.3) is 16.8 Å². The fourth-order valence-corrected chi connectivity index (χ4v) is 3.24. The van der Waals surface area contributed by atoms with Gasteiger partial charge in [0.05, 0.1) is 21.3 Å². The van der Waals surface area contributed by atoms with Crippen LogP contribution in [0.5, 0.6) is 17.2 Å². The Morgan fingerprint density at radius 3 is 2.34 bits per heavy atom. The van der Waals surface area contributed by atoms with E-state index in [1.54, 1.807) is 45.6 Å². The number of nitrogens with zero attached hydrogens (tertiary/aromatic N) is 1. The third-order valence-corrected chi connectivity index (χ3v) is 4.68. The summed E-state index contributed by atoms with van der Waals surface area (Å²) in [6.07, 6.45) is 1.69. The minimum Gasteiger partial charge on any atom is -0.496 e. The quantitative estimate of drug-likeness (QED) is 0.483. The Labute approximate surface area is 168 Å². The number of hydrogen-bond donors (Lipinski definition) is 0. The first-order valence-corrected chi connectivity index (χ1v) is 8.95. The highest BCUT2D eigenvalue weighted by Crippen LogP contribution is 2.33. The lowest BCUT2D eigenvalue weighted by molar-refractivity contribution is -0.129. The second-order valence-electron chi connectivity index (χ2n) is 6.31. The average Bonchev–Trinajstić information content (AvgIpc) is 3.13. The molecule has 0 spiro atoms. The third-order valence-electron chi connectivity index (χ3n) is 4.68. The number of benzene rings is 3. The van der Waals surface area contributed by atoms with E-state index in [-0.39, 0.29) is 11.6 Å². The van der Waals surface area contributed by atoms with E-state index in [1.807, 2.05) is 36.4 Å². The van der Waals surface area contributed by atoms with Crippen molar-refractivity contribution in [1.82, 2.24) is 0 Å². The first-order valence-electron chi connectivity index (χ1n) is 8.95. The van der Waals surface area contributed by atoms with Crippen LogP contribution < -0.4 is 14.2 Å². The molecule has 3 aromatic rings. The van der Waals surface area contributed by atoms with Crippen molar-refractivity contribution in [2.24, 2.45) is 4.99 Å². The summed E-state index contributed by atoms with van der Waals surface area (Å²) in [5, 5.41) is 2.00. The van der Waals surface area contributed by atoms with Crippen LogP contribution in [0.4, 0.5) is 0 Å². The topological polar surface area (TPSA) is 66.4 Å². The van der Waals surface area contributed by atoms with Crippen molar-refractivity contribution >= 4 is 28.7 Å². The number of ether oxygens (including phenoxy) is 4. The molecular formula is C23H19NO5. The first kappa shape index (κ1) is 18.6. The Morgan fingerprint density at radius 1 is 0.862 bits per heavy atom. The molecular weight excluding hydrogens is 370 g/mol. The Balaban J connectivity index is 1.79. The van der Waals surface area contributed by atoms with Gasteiger partial charge in [0, 0.05) is 11.1 Å². The van der Waals surface area contributed by atoms with Crippen LogP contribution in [0.1, 0.15) is 11.1 Å². The van der Waals surface area contributed by atoms with Gasteiger partial charge < -0.3 is 18.9 Å². The molecule has 1 heterocycles. The summed E-state index contributed by atoms with van der Waals surface area (Å²) in [6.45, 7) is 0. The third kappa shape index (κ3) is 3.40. The lowest BCUT2D eigenvalue weighted by Gasteiger charge is -2.08. The number of cyclic esters (lactones) is 1. The molecule has 1 aliphatic heterocycles. The zero-order chi connectivity index (χ0) is 20.4. The lowest BCUT2D eigenvalue weighted by Crippen LogP contribution is -2.06. The van der Waals surface area contributed by atoms with E-state index >= 15 is 0 Å². The molecule has 0 aromatic heterocycles. The van der Waals surface area contributed by atoms with Gasteiger partial charge in [-0.2, -0.15) is 0 Å². The van der Waals surface area contributed by atoms with Gasteiger partial charge in [0.1, 0.15) is 5.75 Å². The molecule has 0 saturated heterocycles. The van der Waals surface area contributed by atoms with Crippen molar-refractivity contribution in [2.75, 3.05) is 21.3 Å². The Hall–Kier alpha value is -3.80. The number of carbonyl (C=O) groups excluding carboxylic acids is 1. The summed E-state index contributed by atoms with van der Waals surface area (Å²) in [5.41, 5.74) is 1.59. The molecule has 0 N–H and O–H groups in total. The highest BCUT2D eigenvalue weighted by Gasteiger charge is 2.25. The molecule has 1 aliphatic rings. The molecule has 0 radical (unpaired) electrons. The maximum Gasteiger partial charge on any atom is 0.363 e. The molecule has 0 amide bonds. The number of fused-ring (bicyclic) bond motifs is 1. The number of hydrogen-bond acceptors (Lipinski definition) is 6. The number of methoxy groups -OCH3 is 3. The molecule has 4 rings (SSSR count). The molecule has 0 atom stereocenters. The molecule has 146 valence electrons. The predicted octanol–water partition coefficient (Wildman–Crippen LogP) is 4.21. The van der Waals surface area contributed by atoms with Crippen molar-refractivity contribution in [3.8, 4) is 17.2 Å². The fraction of sp³-hybridized carbons (Fsp3) is 0.130. The lowest BCUT2D eigenvalue weighted by atomic mass is 10.0. The van der Waals surface area contributed by atoms with Crippen molar-refractivity contribution in [1.29, 1.82) is 0 Å². The molecule has 0 aliphatic carbocycles. The maximum atomic E-state index is 12.5. The van der Waals surface area contributed by atoms with Gasteiger partial charge >= 0.3 is 5.97 Å². The summed E-state index contributed by atoms with van der Waals surface area (Å²) in [4.78, 5) is 16.9. The molecule has 0 saturated carbocycles. The van der Waals surface area contributed by atoms with Crippen molar-refractivity contribution in [2.45, 2.75) is 0 Å². The van der Waals surface area contributed by atoms with Gasteiger partial charge in [-0.3, -0.25) is 0 Å². The summed E-state index contributed by atoms with van der Waals surface area (Å²) in [7, 11) is 4.70. The standard InChI is InChI=1S/C23H19NO5/c1-26-19-10-8-14-6-4-5-7-16(14)17(19)13-18-23(25)29-22(24-18)15-9-11-20(27-2)21(12-15)28-3/h4-13H,1-3H3/b18-13-. The van der Waals surface area contributed by atoms with Crippen LogP contribution in [0.15, 0.2) is 65.3 Å². The van der Waals surface area contributed by atoms with E-state index in [2.05, 4.69) is 4.99 Å². The van der Waals surface area contributed by atoms with Crippen LogP contribution in [0.3, 0.4) is 0 Å². The summed E-state index contributed by atoms with van der Waals surface area (Å²) in [6, 6.07) is 16.9. The predicted molar refractivity (Wildman–Crippen MR) is 111 cm³/mol. The number of rotatable bonds is 5. The molecule has 6 nitrogen and oxygen atoms in total. The first-order chi connectivity index (χ1) is 14.1. The highest BCUT2D eigenvalue weighted by atomic mass is 16.6. The monoisotopic (exact) mass is 389 g/mol. The summed E-state index contributed by atoms with van der Waals surface area (Å²) >= 11 is 0. The molecule has 0 fully saturated rings. The summed E-state index contributed by atoms with van der Waals surface area (Å²) in [5.74, 6) is 1.44. The SMILES string of the molecule is COc1ccc(C2=N/C(=C\c3c(OC)ccc4ccccc34)C(=O)O2)cc1OC. The molecule has 0 unspecified atom stereocenters. The van der Waals surface area contributed by atoms with Crippen LogP contribution in [0, 0.1) is 0 Å². The van der Waals surface area contributed by atoms with Gasteiger partial charge in [0.25, 0.3) is 0 Å². The highest BCUT2D eigenvalue weighted by molar-refractivity contribution is 6.13.